The zero-order valence-corrected chi connectivity index (χ0v) is 11.4. The van der Waals surface area contributed by atoms with Crippen LogP contribution >= 0.6 is 0 Å². The van der Waals surface area contributed by atoms with E-state index in [4.69, 9.17) is 9.84 Å². The molecule has 0 bridgehead atoms. The largest absolute Gasteiger partial charge is 0.497 e. The zero-order chi connectivity index (χ0) is 14.5. The predicted octanol–water partition coefficient (Wildman–Crippen LogP) is 1.46. The average molecular weight is 265 g/mol. The molecular formula is C14H19NO4. The molecule has 0 aliphatic rings. The molecule has 0 aromatic heterocycles. The van der Waals surface area contributed by atoms with E-state index in [0.717, 1.165) is 5.56 Å². The minimum absolute atomic E-state index is 0.102. The fourth-order valence-electron chi connectivity index (χ4n) is 1.43. The second-order valence-corrected chi connectivity index (χ2v) is 4.99. The van der Waals surface area contributed by atoms with Gasteiger partial charge in [-0.1, -0.05) is 12.1 Å². The SMILES string of the molecule is COc1cccc(CC(=O)NCC(C)(C)C(=O)O)c1. The van der Waals surface area contributed by atoms with Crippen molar-refractivity contribution in [3.8, 4) is 5.75 Å². The number of rotatable bonds is 6. The van der Waals surface area contributed by atoms with E-state index >= 15 is 0 Å². The summed E-state index contributed by atoms with van der Waals surface area (Å²) in [5.41, 5.74) is -0.144. The number of benzene rings is 1. The second kappa shape index (κ2) is 6.22. The van der Waals surface area contributed by atoms with Crippen LogP contribution in [-0.4, -0.2) is 30.6 Å². The topological polar surface area (TPSA) is 75.6 Å². The van der Waals surface area contributed by atoms with E-state index in [2.05, 4.69) is 5.32 Å². The molecule has 0 aliphatic heterocycles. The highest BCUT2D eigenvalue weighted by molar-refractivity contribution is 5.80. The number of hydrogen-bond acceptors (Lipinski definition) is 3. The van der Waals surface area contributed by atoms with Crippen molar-refractivity contribution in [1.29, 1.82) is 0 Å². The van der Waals surface area contributed by atoms with Gasteiger partial charge >= 0.3 is 5.97 Å². The number of carboxylic acids is 1. The van der Waals surface area contributed by atoms with Crippen molar-refractivity contribution in [3.05, 3.63) is 29.8 Å². The Labute approximate surface area is 112 Å². The smallest absolute Gasteiger partial charge is 0.310 e. The molecular weight excluding hydrogens is 246 g/mol. The fraction of sp³-hybridized carbons (Fsp3) is 0.429. The average Bonchev–Trinajstić information content (AvgIpc) is 2.36. The van der Waals surface area contributed by atoms with Gasteiger partial charge in [-0.2, -0.15) is 0 Å². The standard InChI is InChI=1S/C14H19NO4/c1-14(2,13(17)18)9-15-12(16)8-10-5-4-6-11(7-10)19-3/h4-7H,8-9H2,1-3H3,(H,15,16)(H,17,18). The molecule has 1 amide bonds. The lowest BCUT2D eigenvalue weighted by molar-refractivity contribution is -0.146. The number of ether oxygens (including phenoxy) is 1. The number of amides is 1. The van der Waals surface area contributed by atoms with Crippen molar-refractivity contribution < 1.29 is 19.4 Å². The summed E-state index contributed by atoms with van der Waals surface area (Å²) in [7, 11) is 1.56. The number of aliphatic carboxylic acids is 1. The van der Waals surface area contributed by atoms with Gasteiger partial charge in [0.25, 0.3) is 0 Å². The van der Waals surface area contributed by atoms with Gasteiger partial charge in [-0.25, -0.2) is 0 Å². The van der Waals surface area contributed by atoms with Crippen molar-refractivity contribution in [2.45, 2.75) is 20.3 Å². The maximum atomic E-state index is 11.7. The van der Waals surface area contributed by atoms with E-state index in [1.807, 2.05) is 12.1 Å². The zero-order valence-electron chi connectivity index (χ0n) is 11.4. The van der Waals surface area contributed by atoms with Crippen LogP contribution < -0.4 is 10.1 Å². The summed E-state index contributed by atoms with van der Waals surface area (Å²) in [4.78, 5) is 22.6. The lowest BCUT2D eigenvalue weighted by Crippen LogP contribution is -2.39. The van der Waals surface area contributed by atoms with Crippen molar-refractivity contribution in [3.63, 3.8) is 0 Å². The summed E-state index contributed by atoms with van der Waals surface area (Å²) < 4.78 is 5.07. The molecule has 0 spiro atoms. The number of carboxylic acid groups (broad SMARTS) is 1. The molecule has 0 saturated heterocycles. The first-order chi connectivity index (χ1) is 8.85. The van der Waals surface area contributed by atoms with E-state index in [-0.39, 0.29) is 18.9 Å². The highest BCUT2D eigenvalue weighted by atomic mass is 16.5. The van der Waals surface area contributed by atoms with E-state index in [1.54, 1.807) is 33.1 Å². The van der Waals surface area contributed by atoms with Crippen molar-refractivity contribution >= 4 is 11.9 Å². The molecule has 0 heterocycles. The summed E-state index contributed by atoms with van der Waals surface area (Å²) in [5, 5.41) is 11.6. The molecule has 0 radical (unpaired) electrons. The molecule has 1 aromatic carbocycles. The van der Waals surface area contributed by atoms with Gasteiger partial charge in [0, 0.05) is 6.54 Å². The molecule has 1 aromatic rings. The van der Waals surface area contributed by atoms with Crippen LogP contribution in [0.5, 0.6) is 5.75 Å². The molecule has 0 fully saturated rings. The lowest BCUT2D eigenvalue weighted by Gasteiger charge is -2.19. The molecule has 5 heteroatoms. The maximum absolute atomic E-state index is 11.7. The Bertz CT molecular complexity index is 468. The van der Waals surface area contributed by atoms with Gasteiger partial charge < -0.3 is 15.2 Å². The van der Waals surface area contributed by atoms with Crippen LogP contribution in [0.25, 0.3) is 0 Å². The Hall–Kier alpha value is -2.04. The highest BCUT2D eigenvalue weighted by Crippen LogP contribution is 2.14. The van der Waals surface area contributed by atoms with Crippen molar-refractivity contribution in [2.75, 3.05) is 13.7 Å². The molecule has 0 unspecified atom stereocenters. The quantitative estimate of drug-likeness (QED) is 0.816. The molecule has 5 nitrogen and oxygen atoms in total. The number of carbonyl (C=O) groups is 2. The third kappa shape index (κ3) is 4.62. The van der Waals surface area contributed by atoms with E-state index < -0.39 is 11.4 Å². The Morgan fingerprint density at radius 2 is 2.05 bits per heavy atom. The van der Waals surface area contributed by atoms with Gasteiger partial charge in [-0.3, -0.25) is 9.59 Å². The minimum atomic E-state index is -0.968. The summed E-state index contributed by atoms with van der Waals surface area (Å²) in [5.74, 6) is -0.451. The summed E-state index contributed by atoms with van der Waals surface area (Å²) in [6.45, 7) is 3.24. The van der Waals surface area contributed by atoms with Crippen LogP contribution in [0.2, 0.25) is 0 Å². The van der Waals surface area contributed by atoms with Gasteiger partial charge in [-0.05, 0) is 31.5 Å². The van der Waals surface area contributed by atoms with Crippen molar-refractivity contribution in [1.82, 2.24) is 5.32 Å². The molecule has 1 rings (SSSR count). The van der Waals surface area contributed by atoms with Crippen LogP contribution in [0, 0.1) is 5.41 Å². The number of hydrogen-bond donors (Lipinski definition) is 2. The third-order valence-electron chi connectivity index (χ3n) is 2.81. The third-order valence-corrected chi connectivity index (χ3v) is 2.81. The van der Waals surface area contributed by atoms with E-state index in [9.17, 15) is 9.59 Å². The summed E-state index contributed by atoms with van der Waals surface area (Å²) in [6.07, 6.45) is 0.201. The molecule has 19 heavy (non-hydrogen) atoms. The highest BCUT2D eigenvalue weighted by Gasteiger charge is 2.27. The first-order valence-electron chi connectivity index (χ1n) is 5.98. The summed E-state index contributed by atoms with van der Waals surface area (Å²) in [6, 6.07) is 7.21. The van der Waals surface area contributed by atoms with Crippen molar-refractivity contribution in [2.24, 2.45) is 5.41 Å². The Kier molecular flexibility index (Phi) is 4.92. The van der Waals surface area contributed by atoms with E-state index in [0.29, 0.717) is 5.75 Å². The Morgan fingerprint density at radius 3 is 2.63 bits per heavy atom. The van der Waals surface area contributed by atoms with Crippen LogP contribution in [0.4, 0.5) is 0 Å². The first-order valence-corrected chi connectivity index (χ1v) is 5.98. The van der Waals surface area contributed by atoms with Gasteiger partial charge in [0.15, 0.2) is 0 Å². The molecule has 0 aliphatic carbocycles. The van der Waals surface area contributed by atoms with Gasteiger partial charge in [0.1, 0.15) is 5.75 Å². The van der Waals surface area contributed by atoms with Gasteiger partial charge in [0.05, 0.1) is 18.9 Å². The molecule has 0 saturated carbocycles. The Balaban J connectivity index is 2.54. The first kappa shape index (κ1) is 15.0. The maximum Gasteiger partial charge on any atom is 0.310 e. The fourth-order valence-corrected chi connectivity index (χ4v) is 1.43. The van der Waals surface area contributed by atoms with Crippen LogP contribution in [-0.2, 0) is 16.0 Å². The van der Waals surface area contributed by atoms with Gasteiger partial charge in [0.2, 0.25) is 5.91 Å². The number of methoxy groups -OCH3 is 1. The molecule has 0 atom stereocenters. The van der Waals surface area contributed by atoms with E-state index in [1.165, 1.54) is 0 Å². The predicted molar refractivity (Wildman–Crippen MR) is 71.1 cm³/mol. The normalized spacial score (nSPS) is 10.9. The van der Waals surface area contributed by atoms with Crippen LogP contribution in [0.15, 0.2) is 24.3 Å². The van der Waals surface area contributed by atoms with Crippen LogP contribution in [0.3, 0.4) is 0 Å². The minimum Gasteiger partial charge on any atom is -0.497 e. The Morgan fingerprint density at radius 1 is 1.37 bits per heavy atom. The monoisotopic (exact) mass is 265 g/mol. The number of carbonyl (C=O) groups excluding carboxylic acids is 1. The molecule has 2 N–H and O–H groups in total. The molecule has 104 valence electrons. The van der Waals surface area contributed by atoms with Crippen LogP contribution in [0.1, 0.15) is 19.4 Å². The number of nitrogens with one attached hydrogen (secondary N) is 1. The van der Waals surface area contributed by atoms with Gasteiger partial charge in [-0.15, -0.1) is 0 Å². The summed E-state index contributed by atoms with van der Waals surface area (Å²) >= 11 is 0. The lowest BCUT2D eigenvalue weighted by atomic mass is 9.94. The second-order valence-electron chi connectivity index (χ2n) is 4.99.